The van der Waals surface area contributed by atoms with E-state index >= 15 is 0 Å². The maximum absolute atomic E-state index is 12.2. The minimum atomic E-state index is -3.20. The first kappa shape index (κ1) is 19.6. The lowest BCUT2D eigenvalue weighted by molar-refractivity contribution is 0.0139. The predicted molar refractivity (Wildman–Crippen MR) is 95.6 cm³/mol. The second-order valence-corrected chi connectivity index (χ2v) is 9.50. The molecule has 1 saturated heterocycles. The summed E-state index contributed by atoms with van der Waals surface area (Å²) >= 11 is 0. The molecular weight excluding hydrogens is 342 g/mol. The zero-order valence-corrected chi connectivity index (χ0v) is 16.1. The van der Waals surface area contributed by atoms with E-state index in [9.17, 15) is 13.2 Å². The lowest BCUT2D eigenvalue weighted by atomic mass is 9.99. The molecule has 0 aromatic heterocycles. The number of ether oxygens (including phenoxy) is 2. The Bertz CT molecular complexity index is 691. The number of hydrogen-bond acceptors (Lipinski definition) is 5. The highest BCUT2D eigenvalue weighted by Crippen LogP contribution is 2.22. The largest absolute Gasteiger partial charge is 0.493 e. The van der Waals surface area contributed by atoms with Gasteiger partial charge in [0.25, 0.3) is 0 Å². The van der Waals surface area contributed by atoms with Crippen LogP contribution in [0.3, 0.4) is 0 Å². The van der Waals surface area contributed by atoms with E-state index in [0.29, 0.717) is 25.4 Å². The van der Waals surface area contributed by atoms with E-state index in [1.807, 2.05) is 20.8 Å². The van der Waals surface area contributed by atoms with Crippen molar-refractivity contribution >= 4 is 15.9 Å². The molecule has 0 saturated carbocycles. The molecule has 0 bridgehead atoms. The van der Waals surface area contributed by atoms with Crippen LogP contribution in [0.4, 0.5) is 4.79 Å². The van der Waals surface area contributed by atoms with Gasteiger partial charge in [0.2, 0.25) is 0 Å². The summed E-state index contributed by atoms with van der Waals surface area (Å²) in [6.07, 6.45) is 2.80. The van der Waals surface area contributed by atoms with Crippen LogP contribution in [0, 0.1) is 5.92 Å². The molecule has 1 fully saturated rings. The first-order valence-electron chi connectivity index (χ1n) is 8.45. The van der Waals surface area contributed by atoms with Gasteiger partial charge in [-0.15, -0.1) is 0 Å². The number of nitrogens with zero attached hydrogens (tertiary/aromatic N) is 1. The number of likely N-dealkylation sites (tertiary alicyclic amines) is 1. The zero-order chi connectivity index (χ0) is 18.7. The minimum Gasteiger partial charge on any atom is -0.493 e. The Morgan fingerprint density at radius 3 is 2.44 bits per heavy atom. The molecule has 25 heavy (non-hydrogen) atoms. The third-order valence-corrected chi connectivity index (χ3v) is 5.04. The fourth-order valence-electron chi connectivity index (χ4n) is 2.69. The van der Waals surface area contributed by atoms with Gasteiger partial charge in [0, 0.05) is 25.3 Å². The standard InChI is InChI=1S/C18H27NO5S/c1-18(2,3)24-17(20)19-11-5-6-14(12-19)13-23-15-7-9-16(10-8-15)25(4,21)22/h7-10,14H,5-6,11-13H2,1-4H3/t14-/m1/s1. The van der Waals surface area contributed by atoms with Crippen LogP contribution in [0.5, 0.6) is 5.75 Å². The Morgan fingerprint density at radius 2 is 1.88 bits per heavy atom. The smallest absolute Gasteiger partial charge is 0.410 e. The molecule has 1 amide bonds. The van der Waals surface area contributed by atoms with E-state index in [1.165, 1.54) is 6.26 Å². The van der Waals surface area contributed by atoms with Crippen LogP contribution in [0.2, 0.25) is 0 Å². The van der Waals surface area contributed by atoms with Gasteiger partial charge in [0.05, 0.1) is 11.5 Å². The summed E-state index contributed by atoms with van der Waals surface area (Å²) in [4.78, 5) is 14.2. The lowest BCUT2D eigenvalue weighted by Gasteiger charge is -2.34. The molecule has 1 aliphatic rings. The van der Waals surface area contributed by atoms with Gasteiger partial charge in [-0.1, -0.05) is 0 Å². The summed E-state index contributed by atoms with van der Waals surface area (Å²) in [5.74, 6) is 0.859. The van der Waals surface area contributed by atoms with Crippen LogP contribution in [-0.4, -0.2) is 51.0 Å². The van der Waals surface area contributed by atoms with E-state index in [1.54, 1.807) is 29.2 Å². The Hall–Kier alpha value is -1.76. The number of amides is 1. The fraction of sp³-hybridized carbons (Fsp3) is 0.611. The maximum Gasteiger partial charge on any atom is 0.410 e. The average molecular weight is 369 g/mol. The van der Waals surface area contributed by atoms with Crippen molar-refractivity contribution in [1.29, 1.82) is 0 Å². The summed E-state index contributed by atoms with van der Waals surface area (Å²) in [6, 6.07) is 6.40. The van der Waals surface area contributed by atoms with Crippen molar-refractivity contribution in [2.45, 2.75) is 44.1 Å². The van der Waals surface area contributed by atoms with Crippen LogP contribution in [0.15, 0.2) is 29.2 Å². The quantitative estimate of drug-likeness (QED) is 0.815. The lowest BCUT2D eigenvalue weighted by Crippen LogP contribution is -2.44. The van der Waals surface area contributed by atoms with Crippen LogP contribution < -0.4 is 4.74 Å². The Kier molecular flexibility index (Phi) is 5.98. The fourth-order valence-corrected chi connectivity index (χ4v) is 3.32. The molecule has 6 nitrogen and oxygen atoms in total. The van der Waals surface area contributed by atoms with Crippen molar-refractivity contribution in [3.63, 3.8) is 0 Å². The highest BCUT2D eigenvalue weighted by Gasteiger charge is 2.27. The van der Waals surface area contributed by atoms with Crippen LogP contribution in [0.25, 0.3) is 0 Å². The van der Waals surface area contributed by atoms with E-state index in [2.05, 4.69) is 0 Å². The monoisotopic (exact) mass is 369 g/mol. The molecule has 0 N–H and O–H groups in total. The average Bonchev–Trinajstić information content (AvgIpc) is 2.51. The number of benzene rings is 1. The second kappa shape index (κ2) is 7.64. The highest BCUT2D eigenvalue weighted by atomic mass is 32.2. The SMILES string of the molecule is CC(C)(C)OC(=O)N1CCC[C@@H](COc2ccc(S(C)(=O)=O)cc2)C1. The summed E-state index contributed by atoms with van der Waals surface area (Å²) in [7, 11) is -3.20. The van der Waals surface area contributed by atoms with Gasteiger partial charge >= 0.3 is 6.09 Å². The molecule has 0 radical (unpaired) electrons. The minimum absolute atomic E-state index is 0.232. The number of piperidine rings is 1. The van der Waals surface area contributed by atoms with Gasteiger partial charge in [-0.2, -0.15) is 0 Å². The predicted octanol–water partition coefficient (Wildman–Crippen LogP) is 3.12. The van der Waals surface area contributed by atoms with E-state index < -0.39 is 15.4 Å². The molecule has 2 rings (SSSR count). The van der Waals surface area contributed by atoms with E-state index in [-0.39, 0.29) is 16.9 Å². The van der Waals surface area contributed by atoms with Gasteiger partial charge in [0.1, 0.15) is 11.4 Å². The number of carbonyl (C=O) groups excluding carboxylic acids is 1. The number of rotatable bonds is 4. The van der Waals surface area contributed by atoms with Crippen molar-refractivity contribution in [3.8, 4) is 5.75 Å². The van der Waals surface area contributed by atoms with Crippen LogP contribution in [0.1, 0.15) is 33.6 Å². The first-order chi connectivity index (χ1) is 11.5. The van der Waals surface area contributed by atoms with Crippen molar-refractivity contribution < 1.29 is 22.7 Å². The normalized spacial score (nSPS) is 18.7. The second-order valence-electron chi connectivity index (χ2n) is 7.49. The molecule has 1 atom stereocenters. The van der Waals surface area contributed by atoms with Gasteiger partial charge < -0.3 is 14.4 Å². The molecule has 1 heterocycles. The summed E-state index contributed by atoms with van der Waals surface area (Å²) in [6.45, 7) is 7.36. The Morgan fingerprint density at radius 1 is 1.24 bits per heavy atom. The summed E-state index contributed by atoms with van der Waals surface area (Å²) in [5.41, 5.74) is -0.498. The topological polar surface area (TPSA) is 72.9 Å². The third kappa shape index (κ3) is 6.23. The van der Waals surface area contributed by atoms with Crippen molar-refractivity contribution in [2.24, 2.45) is 5.92 Å². The van der Waals surface area contributed by atoms with Gasteiger partial charge in [-0.05, 0) is 57.9 Å². The molecule has 1 aliphatic heterocycles. The van der Waals surface area contributed by atoms with Crippen LogP contribution >= 0.6 is 0 Å². The summed E-state index contributed by atoms with van der Waals surface area (Å²) in [5, 5.41) is 0. The summed E-state index contributed by atoms with van der Waals surface area (Å²) < 4.78 is 34.1. The van der Waals surface area contributed by atoms with E-state index in [4.69, 9.17) is 9.47 Å². The number of hydrogen-bond donors (Lipinski definition) is 0. The van der Waals surface area contributed by atoms with Gasteiger partial charge in [0.15, 0.2) is 9.84 Å². The molecule has 1 aromatic rings. The molecular formula is C18H27NO5S. The maximum atomic E-state index is 12.2. The number of carbonyl (C=O) groups is 1. The van der Waals surface area contributed by atoms with E-state index in [0.717, 1.165) is 12.8 Å². The molecule has 0 unspecified atom stereocenters. The zero-order valence-electron chi connectivity index (χ0n) is 15.3. The molecule has 140 valence electrons. The molecule has 0 aliphatic carbocycles. The third-order valence-electron chi connectivity index (χ3n) is 3.91. The molecule has 7 heteroatoms. The van der Waals surface area contributed by atoms with Crippen molar-refractivity contribution in [1.82, 2.24) is 4.90 Å². The Labute approximate surface area is 150 Å². The van der Waals surface area contributed by atoms with Crippen molar-refractivity contribution in [2.75, 3.05) is 26.0 Å². The van der Waals surface area contributed by atoms with Crippen LogP contribution in [-0.2, 0) is 14.6 Å². The molecule has 0 spiro atoms. The van der Waals surface area contributed by atoms with Gasteiger partial charge in [-0.3, -0.25) is 0 Å². The number of sulfone groups is 1. The Balaban J connectivity index is 1.87. The van der Waals surface area contributed by atoms with Gasteiger partial charge in [-0.25, -0.2) is 13.2 Å². The van der Waals surface area contributed by atoms with Crippen molar-refractivity contribution in [3.05, 3.63) is 24.3 Å². The highest BCUT2D eigenvalue weighted by molar-refractivity contribution is 7.90. The molecule has 1 aromatic carbocycles. The first-order valence-corrected chi connectivity index (χ1v) is 10.3.